The van der Waals surface area contributed by atoms with Crippen molar-refractivity contribution in [3.8, 4) is 11.3 Å². The monoisotopic (exact) mass is 355 g/mol. The molecule has 3 heteroatoms. The van der Waals surface area contributed by atoms with Crippen molar-refractivity contribution in [1.29, 1.82) is 0 Å². The topological polar surface area (TPSA) is 31.9 Å². The van der Waals surface area contributed by atoms with Gasteiger partial charge in [-0.25, -0.2) is 4.98 Å². The largest absolute Gasteiger partial charge is 0.367 e. The smallest absolute Gasteiger partial charge is 0.0943 e. The number of fused-ring (bicyclic) bond motifs is 2. The fraction of sp³-hybridized carbons (Fsp3) is 0.292. The van der Waals surface area contributed by atoms with Crippen LogP contribution in [-0.2, 0) is 0 Å². The van der Waals surface area contributed by atoms with Crippen LogP contribution in [0.1, 0.15) is 31.9 Å². The molecule has 2 aromatic carbocycles. The Bertz CT molecular complexity index is 1130. The van der Waals surface area contributed by atoms with E-state index < -0.39 is 0 Å². The van der Waals surface area contributed by atoms with E-state index in [0.29, 0.717) is 6.04 Å². The first-order valence-corrected chi connectivity index (χ1v) is 9.95. The summed E-state index contributed by atoms with van der Waals surface area (Å²) in [5, 5.41) is 2.46. The third kappa shape index (κ3) is 2.87. The van der Waals surface area contributed by atoms with Gasteiger partial charge in [-0.05, 0) is 63.4 Å². The van der Waals surface area contributed by atoms with Gasteiger partial charge >= 0.3 is 0 Å². The van der Waals surface area contributed by atoms with Crippen molar-refractivity contribution < 1.29 is 0 Å². The molecule has 3 heterocycles. The van der Waals surface area contributed by atoms with Gasteiger partial charge in [0.15, 0.2) is 0 Å². The van der Waals surface area contributed by atoms with Gasteiger partial charge < -0.3 is 9.88 Å². The van der Waals surface area contributed by atoms with Crippen LogP contribution < -0.4 is 4.90 Å². The molecular weight excluding hydrogens is 330 g/mol. The summed E-state index contributed by atoms with van der Waals surface area (Å²) in [6, 6.07) is 20.2. The lowest BCUT2D eigenvalue weighted by Gasteiger charge is -2.36. The van der Waals surface area contributed by atoms with Crippen molar-refractivity contribution in [1.82, 2.24) is 9.97 Å². The van der Waals surface area contributed by atoms with Gasteiger partial charge in [0.2, 0.25) is 0 Å². The van der Waals surface area contributed by atoms with Crippen LogP contribution in [0.25, 0.3) is 33.1 Å². The Balaban J connectivity index is 1.73. The fourth-order valence-electron chi connectivity index (χ4n) is 4.42. The van der Waals surface area contributed by atoms with Crippen LogP contribution in [0.3, 0.4) is 0 Å². The summed E-state index contributed by atoms with van der Waals surface area (Å²) in [4.78, 5) is 11.1. The highest BCUT2D eigenvalue weighted by Gasteiger charge is 2.23. The molecule has 1 N–H and O–H groups in total. The molecule has 1 fully saturated rings. The molecule has 0 aliphatic carbocycles. The standard InChI is InChI=1S/C24H25N3/c1-16-13-20-14-19(10-11-22(20)25-16)24-23(27-12-6-5-7-17(27)2)15-18-8-3-4-9-21(18)26-24/h3-4,8-11,13-15,17,25H,5-7,12H2,1-2H3. The minimum atomic E-state index is 0.554. The molecule has 136 valence electrons. The summed E-state index contributed by atoms with van der Waals surface area (Å²) in [6.07, 6.45) is 3.83. The highest BCUT2D eigenvalue weighted by Crippen LogP contribution is 2.36. The SMILES string of the molecule is Cc1cc2cc(-c3nc4ccccc4cc3N3CCCCC3C)ccc2[nH]1. The number of pyridine rings is 1. The number of hydrogen-bond acceptors (Lipinski definition) is 2. The molecule has 1 saturated heterocycles. The van der Waals surface area contributed by atoms with E-state index in [-0.39, 0.29) is 0 Å². The van der Waals surface area contributed by atoms with Gasteiger partial charge in [-0.3, -0.25) is 0 Å². The number of anilines is 1. The summed E-state index contributed by atoms with van der Waals surface area (Å²) in [5.41, 5.74) is 7.01. The lowest BCUT2D eigenvalue weighted by molar-refractivity contribution is 0.485. The highest BCUT2D eigenvalue weighted by molar-refractivity contribution is 5.92. The molecule has 4 aromatic rings. The molecule has 0 amide bonds. The normalized spacial score (nSPS) is 17.7. The molecule has 1 unspecified atom stereocenters. The number of rotatable bonds is 2. The summed E-state index contributed by atoms with van der Waals surface area (Å²) in [7, 11) is 0. The number of nitrogens with zero attached hydrogens (tertiary/aromatic N) is 2. The summed E-state index contributed by atoms with van der Waals surface area (Å²) in [6.45, 7) is 5.56. The molecular formula is C24H25N3. The average Bonchev–Trinajstić information content (AvgIpc) is 3.06. The van der Waals surface area contributed by atoms with Gasteiger partial charge in [0.1, 0.15) is 0 Å². The van der Waals surface area contributed by atoms with Gasteiger partial charge in [0.05, 0.1) is 16.9 Å². The second-order valence-corrected chi connectivity index (χ2v) is 7.84. The van der Waals surface area contributed by atoms with Crippen LogP contribution >= 0.6 is 0 Å². The first-order valence-electron chi connectivity index (χ1n) is 9.95. The molecule has 0 bridgehead atoms. The summed E-state index contributed by atoms with van der Waals surface area (Å²) in [5.74, 6) is 0. The van der Waals surface area contributed by atoms with Crippen molar-refractivity contribution in [3.63, 3.8) is 0 Å². The van der Waals surface area contributed by atoms with E-state index in [4.69, 9.17) is 4.98 Å². The lowest BCUT2D eigenvalue weighted by Crippen LogP contribution is -2.37. The molecule has 0 spiro atoms. The Morgan fingerprint density at radius 2 is 1.89 bits per heavy atom. The van der Waals surface area contributed by atoms with Crippen molar-refractivity contribution in [2.45, 2.75) is 39.2 Å². The first kappa shape index (κ1) is 16.4. The van der Waals surface area contributed by atoms with Gasteiger partial charge in [0, 0.05) is 40.1 Å². The van der Waals surface area contributed by atoms with Gasteiger partial charge in [0.25, 0.3) is 0 Å². The molecule has 1 atom stereocenters. The molecule has 1 aliphatic heterocycles. The second-order valence-electron chi connectivity index (χ2n) is 7.84. The zero-order chi connectivity index (χ0) is 18.4. The molecule has 27 heavy (non-hydrogen) atoms. The Labute approximate surface area is 160 Å². The molecule has 2 aromatic heterocycles. The number of H-pyrrole nitrogens is 1. The molecule has 1 aliphatic rings. The molecule has 3 nitrogen and oxygen atoms in total. The maximum absolute atomic E-state index is 5.12. The average molecular weight is 355 g/mol. The van der Waals surface area contributed by atoms with Crippen molar-refractivity contribution >= 4 is 27.5 Å². The van der Waals surface area contributed by atoms with E-state index in [0.717, 1.165) is 17.8 Å². The zero-order valence-electron chi connectivity index (χ0n) is 16.0. The lowest BCUT2D eigenvalue weighted by atomic mass is 9.99. The minimum absolute atomic E-state index is 0.554. The second kappa shape index (κ2) is 6.41. The maximum atomic E-state index is 5.12. The van der Waals surface area contributed by atoms with Crippen LogP contribution in [0.4, 0.5) is 5.69 Å². The quantitative estimate of drug-likeness (QED) is 0.473. The molecule has 0 radical (unpaired) electrons. The Morgan fingerprint density at radius 1 is 1.00 bits per heavy atom. The Kier molecular flexibility index (Phi) is 3.89. The van der Waals surface area contributed by atoms with E-state index >= 15 is 0 Å². The fourth-order valence-corrected chi connectivity index (χ4v) is 4.42. The number of para-hydroxylation sites is 1. The molecule has 5 rings (SSSR count). The summed E-state index contributed by atoms with van der Waals surface area (Å²) >= 11 is 0. The Hall–Kier alpha value is -2.81. The number of piperidine rings is 1. The predicted molar refractivity (Wildman–Crippen MR) is 114 cm³/mol. The number of benzene rings is 2. The minimum Gasteiger partial charge on any atom is -0.367 e. The zero-order valence-corrected chi connectivity index (χ0v) is 16.0. The summed E-state index contributed by atoms with van der Waals surface area (Å²) < 4.78 is 0. The van der Waals surface area contributed by atoms with Crippen LogP contribution in [0.15, 0.2) is 54.6 Å². The highest BCUT2D eigenvalue weighted by atomic mass is 15.2. The van der Waals surface area contributed by atoms with Gasteiger partial charge in [-0.15, -0.1) is 0 Å². The maximum Gasteiger partial charge on any atom is 0.0943 e. The first-order chi connectivity index (χ1) is 13.2. The number of nitrogens with one attached hydrogen (secondary N) is 1. The van der Waals surface area contributed by atoms with Gasteiger partial charge in [-0.2, -0.15) is 0 Å². The van der Waals surface area contributed by atoms with E-state index in [1.54, 1.807) is 0 Å². The van der Waals surface area contributed by atoms with E-state index in [1.807, 2.05) is 0 Å². The van der Waals surface area contributed by atoms with Crippen molar-refractivity contribution in [3.05, 3.63) is 60.3 Å². The number of aryl methyl sites for hydroxylation is 1. The third-order valence-corrected chi connectivity index (χ3v) is 5.85. The van der Waals surface area contributed by atoms with Crippen LogP contribution in [0.2, 0.25) is 0 Å². The van der Waals surface area contributed by atoms with Crippen LogP contribution in [0, 0.1) is 6.92 Å². The van der Waals surface area contributed by atoms with Crippen LogP contribution in [-0.4, -0.2) is 22.6 Å². The number of aromatic nitrogens is 2. The Morgan fingerprint density at radius 3 is 2.78 bits per heavy atom. The van der Waals surface area contributed by atoms with Crippen molar-refractivity contribution in [2.75, 3.05) is 11.4 Å². The van der Waals surface area contributed by atoms with E-state index in [9.17, 15) is 0 Å². The van der Waals surface area contributed by atoms with E-state index in [1.165, 1.54) is 52.5 Å². The van der Waals surface area contributed by atoms with E-state index in [2.05, 4.69) is 78.3 Å². The third-order valence-electron chi connectivity index (χ3n) is 5.85. The molecule has 0 saturated carbocycles. The van der Waals surface area contributed by atoms with Crippen molar-refractivity contribution in [2.24, 2.45) is 0 Å². The number of hydrogen-bond donors (Lipinski definition) is 1. The predicted octanol–water partition coefficient (Wildman–Crippen LogP) is 6.07. The van der Waals surface area contributed by atoms with Crippen LogP contribution in [0.5, 0.6) is 0 Å². The van der Waals surface area contributed by atoms with Gasteiger partial charge in [-0.1, -0.05) is 24.3 Å². The number of aromatic amines is 1.